The number of aromatic hydroxyl groups is 1. The normalized spacial score (nSPS) is 12.3. The van der Waals surface area contributed by atoms with Gasteiger partial charge >= 0.3 is 5.97 Å². The van der Waals surface area contributed by atoms with Crippen molar-refractivity contribution in [3.05, 3.63) is 29.8 Å². The zero-order valence-electron chi connectivity index (χ0n) is 13.0. The molecule has 0 fully saturated rings. The lowest BCUT2D eigenvalue weighted by atomic mass is 10.1. The van der Waals surface area contributed by atoms with Crippen molar-refractivity contribution in [2.75, 3.05) is 7.11 Å². The summed E-state index contributed by atoms with van der Waals surface area (Å²) in [6.07, 6.45) is 6.92. The Balaban J connectivity index is 2.60. The molecular weight excluding hydrogens is 268 g/mol. The van der Waals surface area contributed by atoms with E-state index in [1.165, 1.54) is 19.3 Å². The van der Waals surface area contributed by atoms with Gasteiger partial charge in [-0.05, 0) is 36.6 Å². The molecule has 1 N–H and O–H groups in total. The fraction of sp³-hybridized carbons (Fsp3) is 0.471. The van der Waals surface area contributed by atoms with Crippen molar-refractivity contribution in [2.24, 2.45) is 0 Å². The van der Waals surface area contributed by atoms with E-state index in [9.17, 15) is 9.90 Å². The number of phenolic OH excluding ortho intramolecular Hbond substituents is 1. The second-order valence-electron chi connectivity index (χ2n) is 4.87. The molecule has 1 atom stereocenters. The van der Waals surface area contributed by atoms with Gasteiger partial charge in [0.15, 0.2) is 11.5 Å². The van der Waals surface area contributed by atoms with E-state index in [0.29, 0.717) is 5.75 Å². The Morgan fingerprint density at radius 2 is 2.14 bits per heavy atom. The highest BCUT2D eigenvalue weighted by Gasteiger charge is 2.09. The number of esters is 1. The molecule has 1 aromatic rings. The maximum absolute atomic E-state index is 11.8. The molecule has 0 spiro atoms. The predicted octanol–water partition coefficient (Wildman–Crippen LogP) is 3.93. The van der Waals surface area contributed by atoms with Gasteiger partial charge < -0.3 is 14.6 Å². The largest absolute Gasteiger partial charge is 0.504 e. The predicted molar refractivity (Wildman–Crippen MR) is 83.4 cm³/mol. The first-order chi connectivity index (χ1) is 10.1. The quantitative estimate of drug-likeness (QED) is 0.582. The number of rotatable bonds is 8. The van der Waals surface area contributed by atoms with Gasteiger partial charge in [0.1, 0.15) is 6.10 Å². The molecule has 0 aliphatic heterocycles. The summed E-state index contributed by atoms with van der Waals surface area (Å²) in [5.41, 5.74) is 0.767. The first kappa shape index (κ1) is 17.1. The van der Waals surface area contributed by atoms with Crippen LogP contribution in [-0.4, -0.2) is 24.3 Å². The maximum Gasteiger partial charge on any atom is 0.331 e. The van der Waals surface area contributed by atoms with Crippen LogP contribution >= 0.6 is 0 Å². The average Bonchev–Trinajstić information content (AvgIpc) is 2.50. The zero-order valence-corrected chi connectivity index (χ0v) is 13.0. The molecule has 0 radical (unpaired) electrons. The molecule has 4 nitrogen and oxygen atoms in total. The van der Waals surface area contributed by atoms with Gasteiger partial charge in [-0.2, -0.15) is 0 Å². The highest BCUT2D eigenvalue weighted by atomic mass is 16.5. The molecule has 1 aromatic carbocycles. The number of hydrogen-bond donors (Lipinski definition) is 1. The van der Waals surface area contributed by atoms with Crippen LogP contribution < -0.4 is 4.74 Å². The Bertz CT molecular complexity index is 480. The van der Waals surface area contributed by atoms with Gasteiger partial charge in [-0.25, -0.2) is 4.79 Å². The van der Waals surface area contributed by atoms with E-state index in [-0.39, 0.29) is 17.8 Å². The Morgan fingerprint density at radius 3 is 2.76 bits per heavy atom. The minimum Gasteiger partial charge on any atom is -0.504 e. The van der Waals surface area contributed by atoms with Crippen molar-refractivity contribution in [3.8, 4) is 11.5 Å². The van der Waals surface area contributed by atoms with Crippen LogP contribution in [0.3, 0.4) is 0 Å². The van der Waals surface area contributed by atoms with Gasteiger partial charge in [0.05, 0.1) is 7.11 Å². The lowest BCUT2D eigenvalue weighted by Crippen LogP contribution is -2.15. The van der Waals surface area contributed by atoms with Crippen molar-refractivity contribution in [1.82, 2.24) is 0 Å². The number of phenols is 1. The molecular formula is C17H24O4. The van der Waals surface area contributed by atoms with Crippen LogP contribution in [0.4, 0.5) is 0 Å². The number of ether oxygens (including phenoxy) is 2. The minimum absolute atomic E-state index is 0.0172. The smallest absolute Gasteiger partial charge is 0.331 e. The van der Waals surface area contributed by atoms with E-state index < -0.39 is 0 Å². The second-order valence-corrected chi connectivity index (χ2v) is 4.87. The third kappa shape index (κ3) is 5.90. The summed E-state index contributed by atoms with van der Waals surface area (Å²) in [5, 5.41) is 9.50. The first-order valence-corrected chi connectivity index (χ1v) is 7.36. The Morgan fingerprint density at radius 1 is 1.38 bits per heavy atom. The molecule has 0 saturated carbocycles. The molecule has 4 heteroatoms. The average molecular weight is 292 g/mol. The molecule has 0 unspecified atom stereocenters. The number of unbranched alkanes of at least 4 members (excludes halogenated alkanes) is 1. The molecule has 0 aliphatic carbocycles. The summed E-state index contributed by atoms with van der Waals surface area (Å²) < 4.78 is 10.4. The standard InChI is InChI=1S/C17H24O4/c1-4-6-7-14(5-2)21-17(19)11-9-13-8-10-15(18)16(12-13)20-3/h8-12,14,18H,4-7H2,1-3H3/b11-9+/t14-/m1/s1. The Kier molecular flexibility index (Phi) is 7.37. The van der Waals surface area contributed by atoms with E-state index in [1.807, 2.05) is 6.92 Å². The second kappa shape index (κ2) is 9.06. The van der Waals surface area contributed by atoms with E-state index in [2.05, 4.69) is 6.92 Å². The van der Waals surface area contributed by atoms with Crippen LogP contribution in [0.25, 0.3) is 6.08 Å². The lowest BCUT2D eigenvalue weighted by Gasteiger charge is -2.14. The molecule has 1 rings (SSSR count). The van der Waals surface area contributed by atoms with E-state index in [4.69, 9.17) is 9.47 Å². The Labute approximate surface area is 126 Å². The number of methoxy groups -OCH3 is 1. The summed E-state index contributed by atoms with van der Waals surface area (Å²) in [4.78, 5) is 11.8. The van der Waals surface area contributed by atoms with Gasteiger partial charge in [0, 0.05) is 6.08 Å². The van der Waals surface area contributed by atoms with Gasteiger partial charge in [-0.15, -0.1) is 0 Å². The fourth-order valence-electron chi connectivity index (χ4n) is 1.94. The molecule has 116 valence electrons. The number of carbonyl (C=O) groups is 1. The summed E-state index contributed by atoms with van der Waals surface area (Å²) in [5.74, 6) is 0.104. The van der Waals surface area contributed by atoms with Crippen LogP contribution in [0.5, 0.6) is 11.5 Å². The van der Waals surface area contributed by atoms with Gasteiger partial charge in [-0.1, -0.05) is 32.8 Å². The lowest BCUT2D eigenvalue weighted by molar-refractivity contribution is -0.143. The van der Waals surface area contributed by atoms with Crippen molar-refractivity contribution >= 4 is 12.0 Å². The van der Waals surface area contributed by atoms with Gasteiger partial charge in [-0.3, -0.25) is 0 Å². The monoisotopic (exact) mass is 292 g/mol. The summed E-state index contributed by atoms with van der Waals surface area (Å²) >= 11 is 0. The van der Waals surface area contributed by atoms with E-state index in [0.717, 1.165) is 31.2 Å². The van der Waals surface area contributed by atoms with Crippen molar-refractivity contribution in [2.45, 2.75) is 45.6 Å². The number of hydrogen-bond acceptors (Lipinski definition) is 4. The van der Waals surface area contributed by atoms with Crippen LogP contribution in [0.1, 0.15) is 45.1 Å². The molecule has 0 saturated heterocycles. The van der Waals surface area contributed by atoms with Crippen molar-refractivity contribution in [1.29, 1.82) is 0 Å². The number of benzene rings is 1. The summed E-state index contributed by atoms with van der Waals surface area (Å²) in [6, 6.07) is 4.89. The van der Waals surface area contributed by atoms with Crippen molar-refractivity contribution in [3.63, 3.8) is 0 Å². The van der Waals surface area contributed by atoms with Gasteiger partial charge in [0.2, 0.25) is 0 Å². The topological polar surface area (TPSA) is 55.8 Å². The molecule has 0 aromatic heterocycles. The third-order valence-electron chi connectivity index (χ3n) is 3.23. The zero-order chi connectivity index (χ0) is 15.7. The first-order valence-electron chi connectivity index (χ1n) is 7.36. The van der Waals surface area contributed by atoms with Gasteiger partial charge in [0.25, 0.3) is 0 Å². The summed E-state index contributed by atoms with van der Waals surface area (Å²) in [7, 11) is 1.48. The van der Waals surface area contributed by atoms with E-state index in [1.54, 1.807) is 18.2 Å². The molecule has 0 aliphatic rings. The molecule has 21 heavy (non-hydrogen) atoms. The minimum atomic E-state index is -0.343. The molecule has 0 heterocycles. The number of carbonyl (C=O) groups excluding carboxylic acids is 1. The SMILES string of the molecule is CCCC[C@@H](CC)OC(=O)/C=C/c1ccc(O)c(OC)c1. The highest BCUT2D eigenvalue weighted by Crippen LogP contribution is 2.26. The fourth-order valence-corrected chi connectivity index (χ4v) is 1.94. The summed E-state index contributed by atoms with van der Waals surface area (Å²) in [6.45, 7) is 4.13. The highest BCUT2D eigenvalue weighted by molar-refractivity contribution is 5.87. The van der Waals surface area contributed by atoms with Crippen LogP contribution in [0.2, 0.25) is 0 Å². The molecule has 0 bridgehead atoms. The molecule has 0 amide bonds. The van der Waals surface area contributed by atoms with E-state index >= 15 is 0 Å². The third-order valence-corrected chi connectivity index (χ3v) is 3.23. The van der Waals surface area contributed by atoms with Crippen molar-refractivity contribution < 1.29 is 19.4 Å². The van der Waals surface area contributed by atoms with Crippen LogP contribution in [0.15, 0.2) is 24.3 Å². The Hall–Kier alpha value is -1.97. The van der Waals surface area contributed by atoms with Crippen LogP contribution in [-0.2, 0) is 9.53 Å². The maximum atomic E-state index is 11.8. The van der Waals surface area contributed by atoms with Crippen LogP contribution in [0, 0.1) is 0 Å².